The van der Waals surface area contributed by atoms with Crippen molar-refractivity contribution >= 4 is 11.7 Å². The van der Waals surface area contributed by atoms with E-state index in [0.29, 0.717) is 0 Å². The molecule has 5 nitrogen and oxygen atoms in total. The Labute approximate surface area is 98.7 Å². The second kappa shape index (κ2) is 4.37. The molecular weight excluding hydrogens is 226 g/mol. The molecule has 16 heavy (non-hydrogen) atoms. The van der Waals surface area contributed by atoms with Crippen LogP contribution < -0.4 is 0 Å². The van der Waals surface area contributed by atoms with Crippen molar-refractivity contribution in [2.24, 2.45) is 0 Å². The minimum absolute atomic E-state index is 0.332. The summed E-state index contributed by atoms with van der Waals surface area (Å²) in [6, 6.07) is 0. The molecule has 2 saturated heterocycles. The van der Waals surface area contributed by atoms with E-state index in [0.717, 1.165) is 51.4 Å². The van der Waals surface area contributed by atoms with E-state index in [4.69, 9.17) is 9.47 Å². The molecule has 0 N–H and O–H groups in total. The molecule has 0 radical (unpaired) electrons. The molecular formula is C10H15N3O2S. The van der Waals surface area contributed by atoms with E-state index in [9.17, 15) is 0 Å². The van der Waals surface area contributed by atoms with Crippen LogP contribution in [0.5, 0.6) is 0 Å². The van der Waals surface area contributed by atoms with Gasteiger partial charge in [0.1, 0.15) is 0 Å². The van der Waals surface area contributed by atoms with Crippen LogP contribution in [0.3, 0.4) is 0 Å². The molecule has 0 bridgehead atoms. The largest absolute Gasteiger partial charge is 0.346 e. The van der Waals surface area contributed by atoms with Crippen molar-refractivity contribution in [1.82, 2.24) is 13.6 Å². The van der Waals surface area contributed by atoms with E-state index >= 15 is 0 Å². The van der Waals surface area contributed by atoms with Crippen LogP contribution in [0.2, 0.25) is 0 Å². The number of rotatable bonds is 2. The minimum atomic E-state index is -0.332. The quantitative estimate of drug-likeness (QED) is 0.769. The molecule has 0 atom stereocenters. The Morgan fingerprint density at radius 1 is 1.44 bits per heavy atom. The topological polar surface area (TPSA) is 47.5 Å². The average Bonchev–Trinajstić information content (AvgIpc) is 2.91. The van der Waals surface area contributed by atoms with E-state index < -0.39 is 0 Å². The van der Waals surface area contributed by atoms with Gasteiger partial charge in [0.25, 0.3) is 0 Å². The molecule has 3 rings (SSSR count). The van der Waals surface area contributed by atoms with Crippen LogP contribution in [0.4, 0.5) is 0 Å². The summed E-state index contributed by atoms with van der Waals surface area (Å²) < 4.78 is 19.7. The highest BCUT2D eigenvalue weighted by atomic mass is 32.1. The number of nitrogens with zero attached hydrogens (tertiary/aromatic N) is 3. The Morgan fingerprint density at radius 3 is 3.06 bits per heavy atom. The van der Waals surface area contributed by atoms with Crippen LogP contribution in [0.25, 0.3) is 0 Å². The molecule has 0 unspecified atom stereocenters. The Kier molecular flexibility index (Phi) is 2.89. The molecule has 88 valence electrons. The summed E-state index contributed by atoms with van der Waals surface area (Å²) in [6.07, 6.45) is 3.97. The highest BCUT2D eigenvalue weighted by Gasteiger charge is 2.40. The minimum Gasteiger partial charge on any atom is -0.346 e. The molecule has 1 aromatic rings. The lowest BCUT2D eigenvalue weighted by atomic mass is 10.0. The Morgan fingerprint density at radius 2 is 2.31 bits per heavy atom. The summed E-state index contributed by atoms with van der Waals surface area (Å²) in [5.41, 5.74) is 1.04. The lowest BCUT2D eigenvalue weighted by Gasteiger charge is -2.38. The summed E-state index contributed by atoms with van der Waals surface area (Å²) in [6.45, 7) is 4.25. The van der Waals surface area contributed by atoms with Gasteiger partial charge < -0.3 is 9.47 Å². The third kappa shape index (κ3) is 2.10. The van der Waals surface area contributed by atoms with Gasteiger partial charge in [-0.2, -0.15) is 8.75 Å². The summed E-state index contributed by atoms with van der Waals surface area (Å²) in [4.78, 5) is 2.34. The number of ether oxygens (including phenoxy) is 2. The smallest absolute Gasteiger partial charge is 0.181 e. The van der Waals surface area contributed by atoms with Gasteiger partial charge in [-0.25, -0.2) is 0 Å². The average molecular weight is 241 g/mol. The van der Waals surface area contributed by atoms with Gasteiger partial charge in [0.15, 0.2) is 5.79 Å². The first-order valence-corrected chi connectivity index (χ1v) is 6.36. The maximum Gasteiger partial charge on any atom is 0.181 e. The highest BCUT2D eigenvalue weighted by molar-refractivity contribution is 6.99. The number of piperidine rings is 1. The van der Waals surface area contributed by atoms with E-state index in [1.807, 2.05) is 6.20 Å². The lowest BCUT2D eigenvalue weighted by Crippen LogP contribution is -2.48. The first-order valence-electron chi connectivity index (χ1n) is 5.63. The van der Waals surface area contributed by atoms with Crippen LogP contribution in [-0.2, 0) is 16.0 Å². The lowest BCUT2D eigenvalue weighted by molar-refractivity contribution is -0.190. The van der Waals surface area contributed by atoms with Gasteiger partial charge in [-0.1, -0.05) is 0 Å². The molecule has 0 aliphatic carbocycles. The molecule has 0 saturated carbocycles. The first kappa shape index (κ1) is 10.6. The van der Waals surface area contributed by atoms with Crippen LogP contribution >= 0.6 is 11.7 Å². The fraction of sp³-hybridized carbons (Fsp3) is 0.800. The fourth-order valence-corrected chi connectivity index (χ4v) is 2.85. The molecule has 0 amide bonds. The van der Waals surface area contributed by atoms with Gasteiger partial charge in [0.2, 0.25) is 0 Å². The van der Waals surface area contributed by atoms with Crippen molar-refractivity contribution in [2.75, 3.05) is 26.3 Å². The van der Waals surface area contributed by atoms with Crippen molar-refractivity contribution in [3.63, 3.8) is 0 Å². The van der Waals surface area contributed by atoms with Crippen molar-refractivity contribution < 1.29 is 9.47 Å². The summed E-state index contributed by atoms with van der Waals surface area (Å²) >= 11 is 1.26. The van der Waals surface area contributed by atoms with Gasteiger partial charge in [0, 0.05) is 13.0 Å². The fourth-order valence-electron chi connectivity index (χ4n) is 2.42. The third-order valence-electron chi connectivity index (χ3n) is 3.10. The normalized spacial score (nSPS) is 25.2. The molecule has 0 aromatic carbocycles. The highest BCUT2D eigenvalue weighted by Crippen LogP contribution is 2.30. The van der Waals surface area contributed by atoms with E-state index in [2.05, 4.69) is 13.6 Å². The van der Waals surface area contributed by atoms with Gasteiger partial charge >= 0.3 is 0 Å². The predicted octanol–water partition coefficient (Wildman–Crippen LogP) is 0.877. The zero-order chi connectivity index (χ0) is 10.8. The van der Waals surface area contributed by atoms with Crippen LogP contribution in [-0.4, -0.2) is 45.7 Å². The van der Waals surface area contributed by atoms with Crippen molar-refractivity contribution in [2.45, 2.75) is 25.2 Å². The van der Waals surface area contributed by atoms with Gasteiger partial charge in [-0.15, -0.1) is 0 Å². The number of hydrogen-bond donors (Lipinski definition) is 0. The number of hydrogen-bond acceptors (Lipinski definition) is 6. The zero-order valence-electron chi connectivity index (χ0n) is 9.09. The van der Waals surface area contributed by atoms with Crippen LogP contribution in [0.1, 0.15) is 18.5 Å². The molecule has 2 aliphatic heterocycles. The molecule has 1 spiro atoms. The summed E-state index contributed by atoms with van der Waals surface area (Å²) in [5.74, 6) is -0.332. The monoisotopic (exact) mass is 241 g/mol. The third-order valence-corrected chi connectivity index (χ3v) is 3.62. The van der Waals surface area contributed by atoms with Crippen LogP contribution in [0, 0.1) is 0 Å². The van der Waals surface area contributed by atoms with Crippen molar-refractivity contribution in [1.29, 1.82) is 0 Å². The molecule has 2 fully saturated rings. The van der Waals surface area contributed by atoms with Gasteiger partial charge in [-0.3, -0.25) is 4.90 Å². The van der Waals surface area contributed by atoms with E-state index in [1.54, 1.807) is 0 Å². The zero-order valence-corrected chi connectivity index (χ0v) is 9.91. The summed E-state index contributed by atoms with van der Waals surface area (Å²) in [5, 5.41) is 0. The number of aromatic nitrogens is 2. The molecule has 2 aliphatic rings. The SMILES string of the molecule is c1nsnc1CN1CCCC2(C1)OCCO2. The van der Waals surface area contributed by atoms with Gasteiger partial charge in [0.05, 0.1) is 43.4 Å². The maximum atomic E-state index is 5.73. The van der Waals surface area contributed by atoms with E-state index in [-0.39, 0.29) is 5.79 Å². The van der Waals surface area contributed by atoms with Crippen molar-refractivity contribution in [3.8, 4) is 0 Å². The molecule has 6 heteroatoms. The predicted molar refractivity (Wildman–Crippen MR) is 59.1 cm³/mol. The second-order valence-electron chi connectivity index (χ2n) is 4.32. The van der Waals surface area contributed by atoms with Crippen molar-refractivity contribution in [3.05, 3.63) is 11.9 Å². The standard InChI is InChI=1S/C10H15N3O2S/c1-2-10(14-4-5-15-10)8-13(3-1)7-9-6-11-16-12-9/h6H,1-5,7-8H2. The van der Waals surface area contributed by atoms with E-state index in [1.165, 1.54) is 11.7 Å². The maximum absolute atomic E-state index is 5.73. The Hall–Kier alpha value is -0.560. The second-order valence-corrected chi connectivity index (χ2v) is 4.88. The Balaban J connectivity index is 1.63. The Bertz CT molecular complexity index is 338. The summed E-state index contributed by atoms with van der Waals surface area (Å²) in [7, 11) is 0. The molecule has 1 aromatic heterocycles. The van der Waals surface area contributed by atoms with Crippen LogP contribution in [0.15, 0.2) is 6.20 Å². The van der Waals surface area contributed by atoms with Gasteiger partial charge in [-0.05, 0) is 13.0 Å². The first-order chi connectivity index (χ1) is 7.86. The molecule has 3 heterocycles. The number of likely N-dealkylation sites (tertiary alicyclic amines) is 1.